The Balaban J connectivity index is 1.95. The van der Waals surface area contributed by atoms with Crippen LogP contribution in [0.15, 0.2) is 12.5 Å². The van der Waals surface area contributed by atoms with Gasteiger partial charge in [0.25, 0.3) is 0 Å². The Morgan fingerprint density at radius 3 is 3.00 bits per heavy atom. The SMILES string of the molecule is ClCc1cncn1CC1CCOCC1. The molecule has 2 rings (SSSR count). The first-order valence-electron chi connectivity index (χ1n) is 5.03. The van der Waals surface area contributed by atoms with E-state index in [0.717, 1.165) is 44.2 Å². The molecule has 0 radical (unpaired) electrons. The van der Waals surface area contributed by atoms with Crippen molar-refractivity contribution in [2.24, 2.45) is 5.92 Å². The number of rotatable bonds is 3. The van der Waals surface area contributed by atoms with Crippen LogP contribution >= 0.6 is 11.6 Å². The highest BCUT2D eigenvalue weighted by Crippen LogP contribution is 2.18. The van der Waals surface area contributed by atoms with E-state index in [1.54, 1.807) is 0 Å². The molecule has 3 nitrogen and oxygen atoms in total. The van der Waals surface area contributed by atoms with E-state index in [0.29, 0.717) is 5.88 Å². The number of halogens is 1. The van der Waals surface area contributed by atoms with Gasteiger partial charge in [0.2, 0.25) is 0 Å². The Kier molecular flexibility index (Phi) is 3.43. The number of ether oxygens (including phenoxy) is 1. The lowest BCUT2D eigenvalue weighted by Crippen LogP contribution is -2.20. The van der Waals surface area contributed by atoms with E-state index in [2.05, 4.69) is 9.55 Å². The van der Waals surface area contributed by atoms with Gasteiger partial charge in [-0.3, -0.25) is 0 Å². The molecule has 0 unspecified atom stereocenters. The fourth-order valence-electron chi connectivity index (χ4n) is 1.83. The highest BCUT2D eigenvalue weighted by Gasteiger charge is 2.15. The second-order valence-electron chi connectivity index (χ2n) is 3.73. The molecule has 0 amide bonds. The minimum absolute atomic E-state index is 0.545. The summed E-state index contributed by atoms with van der Waals surface area (Å²) in [5.74, 6) is 1.27. The third kappa shape index (κ3) is 2.28. The second-order valence-corrected chi connectivity index (χ2v) is 3.99. The molecule has 0 saturated carbocycles. The molecular weight excluding hydrogens is 200 g/mol. The summed E-state index contributed by atoms with van der Waals surface area (Å²) in [6.07, 6.45) is 6.01. The van der Waals surface area contributed by atoms with Crippen molar-refractivity contribution in [2.75, 3.05) is 13.2 Å². The molecule has 1 saturated heterocycles. The lowest BCUT2D eigenvalue weighted by atomic mass is 10.0. The zero-order valence-corrected chi connectivity index (χ0v) is 8.91. The molecular formula is C10H15ClN2O. The van der Waals surface area contributed by atoms with Crippen LogP contribution in [-0.2, 0) is 17.2 Å². The average Bonchev–Trinajstić information content (AvgIpc) is 2.67. The van der Waals surface area contributed by atoms with E-state index in [9.17, 15) is 0 Å². The molecule has 0 aromatic carbocycles. The molecule has 1 fully saturated rings. The summed E-state index contributed by atoms with van der Waals surface area (Å²) in [6, 6.07) is 0. The monoisotopic (exact) mass is 214 g/mol. The molecule has 0 spiro atoms. The first-order chi connectivity index (χ1) is 6.90. The number of hydrogen-bond donors (Lipinski definition) is 0. The number of alkyl halides is 1. The van der Waals surface area contributed by atoms with Gasteiger partial charge in [-0.1, -0.05) is 0 Å². The van der Waals surface area contributed by atoms with Crippen LogP contribution in [0.3, 0.4) is 0 Å². The molecule has 14 heavy (non-hydrogen) atoms. The van der Waals surface area contributed by atoms with E-state index < -0.39 is 0 Å². The Morgan fingerprint density at radius 2 is 2.29 bits per heavy atom. The van der Waals surface area contributed by atoms with Crippen molar-refractivity contribution in [3.8, 4) is 0 Å². The molecule has 78 valence electrons. The minimum atomic E-state index is 0.545. The van der Waals surface area contributed by atoms with Crippen molar-refractivity contribution in [3.05, 3.63) is 18.2 Å². The maximum Gasteiger partial charge on any atom is 0.0948 e. The van der Waals surface area contributed by atoms with E-state index in [-0.39, 0.29) is 0 Å². The van der Waals surface area contributed by atoms with Gasteiger partial charge in [0, 0.05) is 26.0 Å². The standard InChI is InChI=1S/C10H15ClN2O/c11-5-10-6-12-8-13(10)7-9-1-3-14-4-2-9/h6,8-9H,1-5,7H2. The number of nitrogens with zero attached hydrogens (tertiary/aromatic N) is 2. The van der Waals surface area contributed by atoms with Crippen molar-refractivity contribution in [3.63, 3.8) is 0 Å². The minimum Gasteiger partial charge on any atom is -0.381 e. The van der Waals surface area contributed by atoms with Crippen LogP contribution < -0.4 is 0 Å². The molecule has 1 aromatic rings. The molecule has 0 N–H and O–H groups in total. The molecule has 4 heteroatoms. The third-order valence-electron chi connectivity index (χ3n) is 2.73. The molecule has 0 aliphatic carbocycles. The van der Waals surface area contributed by atoms with Gasteiger partial charge >= 0.3 is 0 Å². The number of hydrogen-bond acceptors (Lipinski definition) is 2. The van der Waals surface area contributed by atoms with Crippen LogP contribution in [-0.4, -0.2) is 22.8 Å². The van der Waals surface area contributed by atoms with E-state index >= 15 is 0 Å². The van der Waals surface area contributed by atoms with Crippen LogP contribution in [0.5, 0.6) is 0 Å². The Bertz CT molecular complexity index is 281. The molecule has 0 atom stereocenters. The molecule has 1 aromatic heterocycles. The maximum absolute atomic E-state index is 5.81. The van der Waals surface area contributed by atoms with Crippen molar-refractivity contribution >= 4 is 11.6 Å². The summed E-state index contributed by atoms with van der Waals surface area (Å²) in [7, 11) is 0. The van der Waals surface area contributed by atoms with Crippen molar-refractivity contribution in [1.82, 2.24) is 9.55 Å². The van der Waals surface area contributed by atoms with Gasteiger partial charge in [-0.15, -0.1) is 11.6 Å². The first kappa shape index (κ1) is 9.99. The summed E-state index contributed by atoms with van der Waals surface area (Å²) in [6.45, 7) is 2.83. The van der Waals surface area contributed by atoms with Gasteiger partial charge in [-0.25, -0.2) is 4.98 Å². The average molecular weight is 215 g/mol. The smallest absolute Gasteiger partial charge is 0.0948 e. The summed E-state index contributed by atoms with van der Waals surface area (Å²) in [4.78, 5) is 4.11. The van der Waals surface area contributed by atoms with Crippen molar-refractivity contribution in [2.45, 2.75) is 25.3 Å². The van der Waals surface area contributed by atoms with Crippen molar-refractivity contribution in [1.29, 1.82) is 0 Å². The highest BCUT2D eigenvalue weighted by atomic mass is 35.5. The molecule has 1 aliphatic heterocycles. The van der Waals surface area contributed by atoms with Crippen LogP contribution in [0.25, 0.3) is 0 Å². The first-order valence-corrected chi connectivity index (χ1v) is 5.56. The van der Waals surface area contributed by atoms with E-state index in [1.165, 1.54) is 0 Å². The summed E-state index contributed by atoms with van der Waals surface area (Å²) >= 11 is 5.81. The number of aromatic nitrogens is 2. The molecule has 0 bridgehead atoms. The van der Waals surface area contributed by atoms with Gasteiger partial charge in [0.05, 0.1) is 17.9 Å². The Hall–Kier alpha value is -0.540. The normalized spacial score (nSPS) is 18.6. The van der Waals surface area contributed by atoms with Gasteiger partial charge in [-0.05, 0) is 18.8 Å². The van der Waals surface area contributed by atoms with E-state index in [4.69, 9.17) is 16.3 Å². The maximum atomic E-state index is 5.81. The van der Waals surface area contributed by atoms with Crippen molar-refractivity contribution < 1.29 is 4.74 Å². The van der Waals surface area contributed by atoms with Crippen LogP contribution in [0, 0.1) is 5.92 Å². The predicted octanol–water partition coefficient (Wildman–Crippen LogP) is 2.05. The number of imidazole rings is 1. The second kappa shape index (κ2) is 4.80. The van der Waals surface area contributed by atoms with Gasteiger partial charge < -0.3 is 9.30 Å². The lowest BCUT2D eigenvalue weighted by molar-refractivity contribution is 0.0611. The lowest BCUT2D eigenvalue weighted by Gasteiger charge is -2.22. The quantitative estimate of drug-likeness (QED) is 0.721. The fourth-order valence-corrected chi connectivity index (χ4v) is 2.05. The summed E-state index contributed by atoms with van der Waals surface area (Å²) in [5, 5.41) is 0. The Labute approximate surface area is 89.0 Å². The zero-order chi connectivity index (χ0) is 9.80. The predicted molar refractivity (Wildman–Crippen MR) is 55.3 cm³/mol. The molecule has 2 heterocycles. The van der Waals surface area contributed by atoms with Gasteiger partial charge in [0.15, 0.2) is 0 Å². The van der Waals surface area contributed by atoms with Gasteiger partial charge in [-0.2, -0.15) is 0 Å². The Morgan fingerprint density at radius 1 is 1.50 bits per heavy atom. The zero-order valence-electron chi connectivity index (χ0n) is 8.16. The topological polar surface area (TPSA) is 27.1 Å². The summed E-state index contributed by atoms with van der Waals surface area (Å²) < 4.78 is 7.48. The largest absolute Gasteiger partial charge is 0.381 e. The fraction of sp³-hybridized carbons (Fsp3) is 0.700. The van der Waals surface area contributed by atoms with Gasteiger partial charge in [0.1, 0.15) is 0 Å². The molecule has 1 aliphatic rings. The summed E-state index contributed by atoms with van der Waals surface area (Å²) in [5.41, 5.74) is 1.11. The third-order valence-corrected chi connectivity index (χ3v) is 3.01. The van der Waals surface area contributed by atoms with Crippen LogP contribution in [0.2, 0.25) is 0 Å². The van der Waals surface area contributed by atoms with Crippen LogP contribution in [0.1, 0.15) is 18.5 Å². The highest BCUT2D eigenvalue weighted by molar-refractivity contribution is 6.16. The van der Waals surface area contributed by atoms with E-state index in [1.807, 2.05) is 12.5 Å². The van der Waals surface area contributed by atoms with Crippen LogP contribution in [0.4, 0.5) is 0 Å².